The molecule has 3 aromatic rings. The van der Waals surface area contributed by atoms with Crippen molar-refractivity contribution in [3.05, 3.63) is 107 Å². The first-order valence-corrected chi connectivity index (χ1v) is 15.3. The van der Waals surface area contributed by atoms with Crippen molar-refractivity contribution in [2.24, 2.45) is 11.8 Å². The molecule has 0 bridgehead atoms. The average Bonchev–Trinajstić information content (AvgIpc) is 3.05. The topological polar surface area (TPSA) is 94.2 Å². The van der Waals surface area contributed by atoms with Gasteiger partial charge in [-0.2, -0.15) is 0 Å². The molecular formula is C36H44N2O6. The van der Waals surface area contributed by atoms with E-state index in [1.807, 2.05) is 66.7 Å². The Hall–Kier alpha value is -3.69. The maximum absolute atomic E-state index is 14.2. The Morgan fingerprint density at radius 2 is 1.32 bits per heavy atom. The number of nitrogens with one attached hydrogen (secondary N) is 1. The molecule has 0 saturated carbocycles. The molecule has 4 rings (SSSR count). The van der Waals surface area contributed by atoms with Crippen molar-refractivity contribution in [3.8, 4) is 0 Å². The number of hydrogen-bond acceptors (Lipinski definition) is 7. The predicted molar refractivity (Wildman–Crippen MR) is 170 cm³/mol. The molecule has 1 aliphatic heterocycles. The van der Waals surface area contributed by atoms with E-state index in [0.717, 1.165) is 16.7 Å². The highest BCUT2D eigenvalue weighted by molar-refractivity contribution is 6.02. The molecule has 2 atom stereocenters. The summed E-state index contributed by atoms with van der Waals surface area (Å²) in [4.78, 5) is 43.0. The van der Waals surface area contributed by atoms with Crippen LogP contribution in [-0.4, -0.2) is 88.7 Å². The van der Waals surface area contributed by atoms with Crippen molar-refractivity contribution in [1.82, 2.24) is 10.2 Å². The smallest absolute Gasteiger partial charge is 0.246 e. The van der Waals surface area contributed by atoms with Gasteiger partial charge in [-0.1, -0.05) is 78.9 Å². The summed E-state index contributed by atoms with van der Waals surface area (Å²) in [6.07, 6.45) is 0. The summed E-state index contributed by atoms with van der Waals surface area (Å²) in [5, 5.41) is 2.92. The van der Waals surface area contributed by atoms with Crippen molar-refractivity contribution < 1.29 is 28.6 Å². The second-order valence-electron chi connectivity index (χ2n) is 11.3. The molecule has 44 heavy (non-hydrogen) atoms. The van der Waals surface area contributed by atoms with Crippen LogP contribution >= 0.6 is 0 Å². The van der Waals surface area contributed by atoms with Crippen molar-refractivity contribution in [1.29, 1.82) is 0 Å². The summed E-state index contributed by atoms with van der Waals surface area (Å²) >= 11 is 0. The fourth-order valence-electron chi connectivity index (χ4n) is 5.95. The Labute approximate surface area is 260 Å². The number of aryl methyl sites for hydroxylation is 1. The molecular weight excluding hydrogens is 556 g/mol. The highest BCUT2D eigenvalue weighted by Crippen LogP contribution is 2.42. The standard InChI is InChI=1S/C36H44N2O6/c1-26-11-10-16-30(27(26)2)34-31(35(40)28-12-6-4-7-13-28)23-38(24-32(34)36(41)29-14-8-5-9-15-29)18-17-37-33(39)25-44-22-21-43-20-19-42-3/h4-16,31-32,34H,17-25H2,1-3H3,(H,37,39)/t31-,32-/m0/s1. The Morgan fingerprint density at radius 3 is 1.91 bits per heavy atom. The molecule has 1 N–H and O–H groups in total. The van der Waals surface area contributed by atoms with Gasteiger partial charge in [-0.3, -0.25) is 14.4 Å². The van der Waals surface area contributed by atoms with Crippen LogP contribution < -0.4 is 5.32 Å². The predicted octanol–water partition coefficient (Wildman–Crippen LogP) is 4.50. The number of ketones is 2. The van der Waals surface area contributed by atoms with E-state index in [0.29, 0.717) is 63.7 Å². The quantitative estimate of drug-likeness (QED) is 0.191. The van der Waals surface area contributed by atoms with Crippen molar-refractivity contribution in [2.45, 2.75) is 19.8 Å². The Kier molecular flexibility index (Phi) is 12.8. The van der Waals surface area contributed by atoms with Gasteiger partial charge < -0.3 is 24.4 Å². The molecule has 0 spiro atoms. The molecule has 1 fully saturated rings. The first-order chi connectivity index (χ1) is 21.4. The SMILES string of the molecule is COCCOCCOCC(=O)NCCN1C[C@H](C(=O)c2ccccc2)C(c2cccc(C)c2C)[C@@H](C(=O)c2ccccc2)C1. The zero-order valence-corrected chi connectivity index (χ0v) is 26.0. The first kappa shape index (κ1) is 33.2. The van der Waals surface area contributed by atoms with E-state index < -0.39 is 11.8 Å². The van der Waals surface area contributed by atoms with Gasteiger partial charge in [-0.05, 0) is 30.5 Å². The van der Waals surface area contributed by atoms with E-state index in [9.17, 15) is 14.4 Å². The van der Waals surface area contributed by atoms with Crippen LogP contribution in [0.2, 0.25) is 0 Å². The lowest BCUT2D eigenvalue weighted by atomic mass is 9.67. The van der Waals surface area contributed by atoms with E-state index in [-0.39, 0.29) is 30.0 Å². The van der Waals surface area contributed by atoms with Crippen LogP contribution in [-0.2, 0) is 19.0 Å². The van der Waals surface area contributed by atoms with E-state index >= 15 is 0 Å². The molecule has 3 aromatic carbocycles. The molecule has 8 nitrogen and oxygen atoms in total. The second-order valence-corrected chi connectivity index (χ2v) is 11.3. The number of ether oxygens (including phenoxy) is 3. The Bertz CT molecular complexity index is 1300. The molecule has 0 unspecified atom stereocenters. The van der Waals surface area contributed by atoms with Gasteiger partial charge >= 0.3 is 0 Å². The van der Waals surface area contributed by atoms with Crippen LogP contribution in [0.1, 0.15) is 43.3 Å². The number of hydrogen-bond donors (Lipinski definition) is 1. The zero-order valence-electron chi connectivity index (χ0n) is 26.0. The number of likely N-dealkylation sites (tertiary alicyclic amines) is 1. The number of carbonyl (C=O) groups excluding carboxylic acids is 3. The normalized spacial score (nSPS) is 17.3. The molecule has 1 saturated heterocycles. The van der Waals surface area contributed by atoms with Crippen LogP contribution in [0.15, 0.2) is 78.9 Å². The van der Waals surface area contributed by atoms with Crippen LogP contribution in [0.4, 0.5) is 0 Å². The van der Waals surface area contributed by atoms with E-state index in [2.05, 4.69) is 36.2 Å². The number of rotatable bonds is 16. The molecule has 0 aromatic heterocycles. The van der Waals surface area contributed by atoms with E-state index in [1.54, 1.807) is 7.11 Å². The fourth-order valence-corrected chi connectivity index (χ4v) is 5.95. The summed E-state index contributed by atoms with van der Waals surface area (Å²) in [5.74, 6) is -1.35. The van der Waals surface area contributed by atoms with E-state index in [4.69, 9.17) is 14.2 Å². The number of nitrogens with zero attached hydrogens (tertiary/aromatic N) is 1. The highest BCUT2D eigenvalue weighted by atomic mass is 16.5. The van der Waals surface area contributed by atoms with Gasteiger partial charge in [-0.15, -0.1) is 0 Å². The minimum atomic E-state index is -0.443. The molecule has 1 heterocycles. The van der Waals surface area contributed by atoms with Crippen LogP contribution in [0, 0.1) is 25.7 Å². The van der Waals surface area contributed by atoms with Gasteiger partial charge in [0.1, 0.15) is 6.61 Å². The summed E-state index contributed by atoms with van der Waals surface area (Å²) in [7, 11) is 1.61. The van der Waals surface area contributed by atoms with Gasteiger partial charge in [0, 0.05) is 62.2 Å². The molecule has 234 valence electrons. The lowest BCUT2D eigenvalue weighted by Gasteiger charge is -2.43. The molecule has 0 radical (unpaired) electrons. The summed E-state index contributed by atoms with van der Waals surface area (Å²) in [6.45, 7) is 7.62. The van der Waals surface area contributed by atoms with E-state index in [1.165, 1.54) is 0 Å². The maximum atomic E-state index is 14.2. The van der Waals surface area contributed by atoms with Crippen LogP contribution in [0.3, 0.4) is 0 Å². The zero-order chi connectivity index (χ0) is 31.3. The third-order valence-electron chi connectivity index (χ3n) is 8.36. The third kappa shape index (κ3) is 8.92. The molecule has 0 aliphatic carbocycles. The van der Waals surface area contributed by atoms with Crippen LogP contribution in [0.5, 0.6) is 0 Å². The van der Waals surface area contributed by atoms with Crippen molar-refractivity contribution >= 4 is 17.5 Å². The number of benzene rings is 3. The van der Waals surface area contributed by atoms with Gasteiger partial charge in [0.05, 0.1) is 26.4 Å². The minimum Gasteiger partial charge on any atom is -0.382 e. The number of piperidine rings is 1. The average molecular weight is 601 g/mol. The number of Topliss-reactive ketones (excluding diaryl/α,β-unsaturated/α-hetero) is 2. The largest absolute Gasteiger partial charge is 0.382 e. The Morgan fingerprint density at radius 1 is 0.750 bits per heavy atom. The summed E-state index contributed by atoms with van der Waals surface area (Å²) < 4.78 is 15.7. The lowest BCUT2D eigenvalue weighted by molar-refractivity contribution is -0.126. The first-order valence-electron chi connectivity index (χ1n) is 15.3. The van der Waals surface area contributed by atoms with Gasteiger partial charge in [0.2, 0.25) is 5.91 Å². The van der Waals surface area contributed by atoms with Gasteiger partial charge in [0.15, 0.2) is 11.6 Å². The Balaban J connectivity index is 1.53. The summed E-state index contributed by atoms with van der Waals surface area (Å²) in [5.41, 5.74) is 4.56. The second kappa shape index (κ2) is 17.0. The molecule has 1 amide bonds. The van der Waals surface area contributed by atoms with Crippen molar-refractivity contribution in [3.63, 3.8) is 0 Å². The molecule has 1 aliphatic rings. The van der Waals surface area contributed by atoms with Gasteiger partial charge in [-0.25, -0.2) is 0 Å². The highest BCUT2D eigenvalue weighted by Gasteiger charge is 2.45. The fraction of sp³-hybridized carbons (Fsp3) is 0.417. The molecule has 8 heteroatoms. The van der Waals surface area contributed by atoms with Crippen molar-refractivity contribution in [2.75, 3.05) is 66.3 Å². The van der Waals surface area contributed by atoms with Gasteiger partial charge in [0.25, 0.3) is 0 Å². The maximum Gasteiger partial charge on any atom is 0.246 e. The lowest BCUT2D eigenvalue weighted by Crippen LogP contribution is -2.52. The number of amides is 1. The monoisotopic (exact) mass is 600 g/mol. The number of methoxy groups -OCH3 is 1. The number of carbonyl (C=O) groups is 3. The minimum absolute atomic E-state index is 0.0252. The summed E-state index contributed by atoms with van der Waals surface area (Å²) in [6, 6.07) is 24.8. The van der Waals surface area contributed by atoms with Crippen LogP contribution in [0.25, 0.3) is 0 Å². The third-order valence-corrected chi connectivity index (χ3v) is 8.36.